The first kappa shape index (κ1) is 12.9. The Balaban J connectivity index is 1.52. The fraction of sp³-hybridized carbons (Fsp3) is 0.500. The van der Waals surface area contributed by atoms with E-state index in [0.717, 1.165) is 32.5 Å². The van der Waals surface area contributed by atoms with E-state index in [2.05, 4.69) is 33.8 Å². The number of fused-ring (bicyclic) bond motifs is 3. The SMILES string of the molecule is O[C@@H]1[C@H](C2c3ccccc3-c3cncn32)CC12CCOCC2. The highest BCUT2D eigenvalue weighted by Gasteiger charge is 2.57. The minimum absolute atomic E-state index is 0.0984. The van der Waals surface area contributed by atoms with Gasteiger partial charge in [-0.25, -0.2) is 4.98 Å². The summed E-state index contributed by atoms with van der Waals surface area (Å²) in [7, 11) is 0. The van der Waals surface area contributed by atoms with Crippen molar-refractivity contribution in [1.29, 1.82) is 0 Å². The minimum atomic E-state index is -0.234. The molecule has 114 valence electrons. The number of hydrogen-bond acceptors (Lipinski definition) is 3. The minimum Gasteiger partial charge on any atom is -0.392 e. The Labute approximate surface area is 129 Å². The predicted octanol–water partition coefficient (Wildman–Crippen LogP) is 2.63. The van der Waals surface area contributed by atoms with Crippen molar-refractivity contribution in [1.82, 2.24) is 9.55 Å². The van der Waals surface area contributed by atoms with Gasteiger partial charge < -0.3 is 14.4 Å². The first-order valence-electron chi connectivity index (χ1n) is 8.17. The molecule has 1 unspecified atom stereocenters. The number of imidazole rings is 1. The van der Waals surface area contributed by atoms with E-state index in [1.165, 1.54) is 16.8 Å². The number of aliphatic hydroxyl groups is 1. The molecule has 1 aromatic heterocycles. The van der Waals surface area contributed by atoms with Crippen LogP contribution in [0.25, 0.3) is 11.3 Å². The van der Waals surface area contributed by atoms with Gasteiger partial charge in [-0.05, 0) is 24.8 Å². The molecule has 1 spiro atoms. The average molecular weight is 296 g/mol. The van der Waals surface area contributed by atoms with Crippen molar-refractivity contribution in [2.45, 2.75) is 31.4 Å². The zero-order valence-electron chi connectivity index (χ0n) is 12.5. The smallest absolute Gasteiger partial charge is 0.0956 e. The zero-order chi connectivity index (χ0) is 14.7. The van der Waals surface area contributed by atoms with Crippen LogP contribution in [-0.4, -0.2) is 34.0 Å². The lowest BCUT2D eigenvalue weighted by Gasteiger charge is -2.56. The Morgan fingerprint density at radius 3 is 2.86 bits per heavy atom. The Kier molecular flexibility index (Phi) is 2.59. The molecule has 3 atom stereocenters. The van der Waals surface area contributed by atoms with Gasteiger partial charge in [0.15, 0.2) is 0 Å². The number of aromatic nitrogens is 2. The number of hydrogen-bond donors (Lipinski definition) is 1. The molecule has 0 amide bonds. The summed E-state index contributed by atoms with van der Waals surface area (Å²) in [6.45, 7) is 1.59. The molecule has 2 fully saturated rings. The molecule has 4 heteroatoms. The summed E-state index contributed by atoms with van der Waals surface area (Å²) >= 11 is 0. The maximum Gasteiger partial charge on any atom is 0.0956 e. The Hall–Kier alpha value is -1.65. The number of benzene rings is 1. The highest BCUT2D eigenvalue weighted by Crippen LogP contribution is 2.59. The zero-order valence-corrected chi connectivity index (χ0v) is 12.5. The largest absolute Gasteiger partial charge is 0.392 e. The van der Waals surface area contributed by atoms with E-state index in [1.807, 2.05) is 12.5 Å². The maximum atomic E-state index is 10.9. The van der Waals surface area contributed by atoms with Crippen LogP contribution < -0.4 is 0 Å². The summed E-state index contributed by atoms with van der Waals surface area (Å²) in [4.78, 5) is 4.32. The molecule has 2 aromatic rings. The molecular formula is C18H20N2O2. The van der Waals surface area contributed by atoms with Crippen LogP contribution in [0.2, 0.25) is 0 Å². The van der Waals surface area contributed by atoms with Crippen molar-refractivity contribution >= 4 is 0 Å². The number of aliphatic hydroxyl groups excluding tert-OH is 1. The van der Waals surface area contributed by atoms with E-state index in [1.54, 1.807) is 0 Å². The Morgan fingerprint density at radius 2 is 2.05 bits per heavy atom. The van der Waals surface area contributed by atoms with Crippen molar-refractivity contribution in [3.05, 3.63) is 42.4 Å². The third-order valence-electron chi connectivity index (χ3n) is 6.09. The van der Waals surface area contributed by atoms with E-state index >= 15 is 0 Å². The van der Waals surface area contributed by atoms with Gasteiger partial charge >= 0.3 is 0 Å². The van der Waals surface area contributed by atoms with Crippen LogP contribution in [0.4, 0.5) is 0 Å². The van der Waals surface area contributed by atoms with Crippen LogP contribution >= 0.6 is 0 Å². The van der Waals surface area contributed by atoms with Gasteiger partial charge in [-0.15, -0.1) is 0 Å². The fourth-order valence-corrected chi connectivity index (χ4v) is 4.87. The van der Waals surface area contributed by atoms with E-state index in [-0.39, 0.29) is 23.5 Å². The van der Waals surface area contributed by atoms with Crippen LogP contribution in [0, 0.1) is 11.3 Å². The van der Waals surface area contributed by atoms with Crippen LogP contribution in [0.1, 0.15) is 30.9 Å². The van der Waals surface area contributed by atoms with Crippen LogP contribution in [0.5, 0.6) is 0 Å². The summed E-state index contributed by atoms with van der Waals surface area (Å²) in [5, 5.41) is 10.9. The molecule has 22 heavy (non-hydrogen) atoms. The van der Waals surface area contributed by atoms with Crippen molar-refractivity contribution in [2.75, 3.05) is 13.2 Å². The fourth-order valence-electron chi connectivity index (χ4n) is 4.87. The first-order valence-corrected chi connectivity index (χ1v) is 8.17. The second-order valence-corrected chi connectivity index (χ2v) is 7.01. The Bertz CT molecular complexity index is 717. The molecule has 0 radical (unpaired) electrons. The Morgan fingerprint density at radius 1 is 1.23 bits per heavy atom. The normalized spacial score (nSPS) is 31.6. The molecule has 2 aliphatic heterocycles. The van der Waals surface area contributed by atoms with Gasteiger partial charge in [0.25, 0.3) is 0 Å². The van der Waals surface area contributed by atoms with Gasteiger partial charge in [0.2, 0.25) is 0 Å². The van der Waals surface area contributed by atoms with Crippen molar-refractivity contribution in [3.63, 3.8) is 0 Å². The van der Waals surface area contributed by atoms with Gasteiger partial charge in [0.05, 0.1) is 30.4 Å². The van der Waals surface area contributed by atoms with Crippen LogP contribution in [-0.2, 0) is 4.74 Å². The third kappa shape index (κ3) is 1.52. The van der Waals surface area contributed by atoms with E-state index < -0.39 is 0 Å². The lowest BCUT2D eigenvalue weighted by atomic mass is 9.53. The molecule has 1 aliphatic carbocycles. The van der Waals surface area contributed by atoms with Crippen LogP contribution in [0.3, 0.4) is 0 Å². The summed E-state index contributed by atoms with van der Waals surface area (Å²) in [5.74, 6) is 0.287. The number of rotatable bonds is 1. The second-order valence-electron chi connectivity index (χ2n) is 7.01. The van der Waals surface area contributed by atoms with Crippen molar-refractivity contribution < 1.29 is 9.84 Å². The highest BCUT2D eigenvalue weighted by atomic mass is 16.5. The van der Waals surface area contributed by atoms with E-state index in [9.17, 15) is 5.11 Å². The highest BCUT2D eigenvalue weighted by molar-refractivity contribution is 5.69. The molecule has 1 saturated carbocycles. The summed E-state index contributed by atoms with van der Waals surface area (Å²) < 4.78 is 7.74. The number of nitrogens with zero attached hydrogens (tertiary/aromatic N) is 2. The van der Waals surface area contributed by atoms with Crippen molar-refractivity contribution in [2.24, 2.45) is 11.3 Å². The molecule has 0 bridgehead atoms. The molecule has 5 rings (SSSR count). The molecule has 3 aliphatic rings. The molecule has 4 nitrogen and oxygen atoms in total. The maximum absolute atomic E-state index is 10.9. The summed E-state index contributed by atoms with van der Waals surface area (Å²) in [5.41, 5.74) is 3.89. The van der Waals surface area contributed by atoms with Gasteiger partial charge in [-0.2, -0.15) is 0 Å². The second kappa shape index (κ2) is 4.43. The quantitative estimate of drug-likeness (QED) is 0.880. The molecule has 3 heterocycles. The molecule has 1 aromatic carbocycles. The van der Waals surface area contributed by atoms with Gasteiger partial charge in [-0.1, -0.05) is 24.3 Å². The molecular weight excluding hydrogens is 276 g/mol. The average Bonchev–Trinajstić information content (AvgIpc) is 3.14. The number of ether oxygens (including phenoxy) is 1. The van der Waals surface area contributed by atoms with Crippen LogP contribution in [0.15, 0.2) is 36.8 Å². The predicted molar refractivity (Wildman–Crippen MR) is 82.4 cm³/mol. The van der Waals surface area contributed by atoms with Crippen molar-refractivity contribution in [3.8, 4) is 11.3 Å². The van der Waals surface area contributed by atoms with Gasteiger partial charge in [-0.3, -0.25) is 0 Å². The first-order chi connectivity index (χ1) is 10.8. The van der Waals surface area contributed by atoms with Gasteiger partial charge in [0, 0.05) is 30.1 Å². The molecule has 1 N–H and O–H groups in total. The van der Waals surface area contributed by atoms with E-state index in [0.29, 0.717) is 0 Å². The van der Waals surface area contributed by atoms with E-state index in [4.69, 9.17) is 4.74 Å². The standard InChI is InChI=1S/C18H20N2O2/c21-17-14(9-18(17)5-7-22-8-6-18)16-13-4-2-1-3-12(13)15-10-19-11-20(15)16/h1-4,10-11,14,16-17,21H,5-9H2/t14-,16?,17+/m0/s1. The van der Waals surface area contributed by atoms with Gasteiger partial charge in [0.1, 0.15) is 0 Å². The summed E-state index contributed by atoms with van der Waals surface area (Å²) in [6, 6.07) is 8.78. The lowest BCUT2D eigenvalue weighted by molar-refractivity contribution is -0.173. The molecule has 1 saturated heterocycles. The topological polar surface area (TPSA) is 47.3 Å². The third-order valence-corrected chi connectivity index (χ3v) is 6.09. The summed E-state index contributed by atoms with van der Waals surface area (Å²) in [6.07, 6.45) is 6.71. The monoisotopic (exact) mass is 296 g/mol. The lowest BCUT2D eigenvalue weighted by Crippen LogP contribution is -2.57.